The molecule has 0 spiro atoms. The van der Waals surface area contributed by atoms with E-state index in [9.17, 15) is 0 Å². The first-order chi connectivity index (χ1) is 7.17. The number of carbonyl (C=O) groups excluding carboxylic acids is 1. The van der Waals surface area contributed by atoms with Crippen LogP contribution >= 0.6 is 0 Å². The van der Waals surface area contributed by atoms with E-state index in [2.05, 4.69) is 4.74 Å². The van der Waals surface area contributed by atoms with E-state index in [1.165, 1.54) is 23.7 Å². The summed E-state index contributed by atoms with van der Waals surface area (Å²) in [7, 11) is 1.04. The highest BCUT2D eigenvalue weighted by Crippen LogP contribution is 2.53. The molecule has 16 heavy (non-hydrogen) atoms. The van der Waals surface area contributed by atoms with Gasteiger partial charge in [0.15, 0.2) is 0 Å². The second-order valence-electron chi connectivity index (χ2n) is 5.33. The maximum absolute atomic E-state index is 9.03. The van der Waals surface area contributed by atoms with Crippen LogP contribution in [0.25, 0.3) is 0 Å². The fraction of sp³-hybridized carbons (Fsp3) is 0.917. The van der Waals surface area contributed by atoms with Gasteiger partial charge in [0.25, 0.3) is 6.16 Å². The summed E-state index contributed by atoms with van der Waals surface area (Å²) in [4.78, 5) is 9.03. The average Bonchev–Trinajstić information content (AvgIpc) is 2.16. The highest BCUT2D eigenvalue weighted by molar-refractivity contribution is 5.53. The molecule has 4 fully saturated rings. The van der Waals surface area contributed by atoms with E-state index in [0.29, 0.717) is 0 Å². The Labute approximate surface area is 96.9 Å². The van der Waals surface area contributed by atoms with E-state index in [-0.39, 0.29) is 6.15 Å². The molecule has 0 aromatic heterocycles. The minimum Gasteiger partial charge on any atom is -0.553 e. The van der Waals surface area contributed by atoms with Crippen molar-refractivity contribution in [1.29, 1.82) is 0 Å². The fourth-order valence-corrected chi connectivity index (χ4v) is 3.98. The van der Waals surface area contributed by atoms with Crippen molar-refractivity contribution in [3.8, 4) is 0 Å². The van der Waals surface area contributed by atoms with Crippen molar-refractivity contribution in [2.24, 2.45) is 23.7 Å². The first-order valence-corrected chi connectivity index (χ1v) is 5.92. The Morgan fingerprint density at radius 2 is 1.12 bits per heavy atom. The van der Waals surface area contributed by atoms with E-state index in [1.54, 1.807) is 38.5 Å². The van der Waals surface area contributed by atoms with Gasteiger partial charge in [0.1, 0.15) is 0 Å². The van der Waals surface area contributed by atoms with Crippen LogP contribution in [0.4, 0.5) is 4.79 Å². The number of ether oxygens (including phenoxy) is 1. The number of quaternary nitrogens is 1. The minimum absolute atomic E-state index is 0. The summed E-state index contributed by atoms with van der Waals surface area (Å²) < 4.78 is 3.56. The molecule has 4 nitrogen and oxygen atoms in total. The van der Waals surface area contributed by atoms with Crippen molar-refractivity contribution in [1.82, 2.24) is 6.15 Å². The van der Waals surface area contributed by atoms with Crippen LogP contribution in [-0.2, 0) is 4.74 Å². The minimum atomic E-state index is -1.50. The van der Waals surface area contributed by atoms with Crippen LogP contribution in [0.3, 0.4) is 0 Å². The molecule has 4 aliphatic carbocycles. The van der Waals surface area contributed by atoms with Gasteiger partial charge in [-0.05, 0) is 62.2 Å². The summed E-state index contributed by atoms with van der Waals surface area (Å²) in [5.41, 5.74) is 0. The Morgan fingerprint density at radius 3 is 1.25 bits per heavy atom. The molecule has 4 rings (SSSR count). The van der Waals surface area contributed by atoms with E-state index < -0.39 is 6.16 Å². The largest absolute Gasteiger partial charge is 0.553 e. The Balaban J connectivity index is 0.000000189. The Morgan fingerprint density at radius 1 is 0.938 bits per heavy atom. The Bertz CT molecular complexity index is 186. The highest BCUT2D eigenvalue weighted by atomic mass is 16.6. The third-order valence-corrected chi connectivity index (χ3v) is 4.17. The molecular weight excluding hydrogens is 206 g/mol. The smallest absolute Gasteiger partial charge is 0.251 e. The Hall–Kier alpha value is -0.770. The van der Waals surface area contributed by atoms with Gasteiger partial charge in [0.2, 0.25) is 0 Å². The van der Waals surface area contributed by atoms with Crippen molar-refractivity contribution in [2.45, 2.75) is 38.5 Å². The summed E-state index contributed by atoms with van der Waals surface area (Å²) in [5.74, 6) is 4.71. The van der Waals surface area contributed by atoms with Crippen LogP contribution in [0.15, 0.2) is 0 Å². The molecule has 0 aliphatic heterocycles. The molecule has 4 N–H and O–H groups in total. The predicted octanol–water partition coefficient (Wildman–Crippen LogP) is 2.18. The summed E-state index contributed by atoms with van der Waals surface area (Å²) in [6, 6.07) is 0. The maximum Gasteiger partial charge on any atom is 0.251 e. The molecule has 0 aromatic carbocycles. The summed E-state index contributed by atoms with van der Waals surface area (Å²) in [6.07, 6.45) is 8.13. The number of carbonyl (C=O) groups is 1. The van der Waals surface area contributed by atoms with Crippen molar-refractivity contribution in [2.75, 3.05) is 7.11 Å². The molecule has 4 aliphatic rings. The topological polar surface area (TPSA) is 85.9 Å². The molecular formula is C12H23NO3. The van der Waals surface area contributed by atoms with Gasteiger partial charge in [-0.2, -0.15) is 0 Å². The molecule has 0 aromatic rings. The molecule has 0 saturated heterocycles. The van der Waals surface area contributed by atoms with Crippen LogP contribution < -0.4 is 11.3 Å². The second-order valence-corrected chi connectivity index (χ2v) is 5.33. The summed E-state index contributed by atoms with van der Waals surface area (Å²) in [6.45, 7) is 0. The van der Waals surface area contributed by atoms with Crippen molar-refractivity contribution in [3.05, 3.63) is 0 Å². The zero-order valence-electron chi connectivity index (χ0n) is 10.3. The van der Waals surface area contributed by atoms with Gasteiger partial charge in [0, 0.05) is 7.11 Å². The molecule has 4 bridgehead atoms. The van der Waals surface area contributed by atoms with Crippen molar-refractivity contribution < 1.29 is 14.6 Å². The first-order valence-electron chi connectivity index (χ1n) is 5.92. The van der Waals surface area contributed by atoms with E-state index in [1.807, 2.05) is 0 Å². The average molecular weight is 229 g/mol. The van der Waals surface area contributed by atoms with Gasteiger partial charge >= 0.3 is 0 Å². The van der Waals surface area contributed by atoms with Gasteiger partial charge < -0.3 is 20.8 Å². The van der Waals surface area contributed by atoms with Crippen LogP contribution in [0, 0.1) is 23.7 Å². The summed E-state index contributed by atoms with van der Waals surface area (Å²) >= 11 is 0. The second kappa shape index (κ2) is 5.53. The zero-order chi connectivity index (χ0) is 10.8. The lowest BCUT2D eigenvalue weighted by atomic mass is 9.56. The van der Waals surface area contributed by atoms with Gasteiger partial charge in [-0.1, -0.05) is 0 Å². The number of carboxylic acid groups (broad SMARTS) is 1. The van der Waals surface area contributed by atoms with Crippen molar-refractivity contribution >= 4 is 6.16 Å². The molecule has 0 atom stereocenters. The molecule has 4 heteroatoms. The molecule has 0 unspecified atom stereocenters. The molecule has 4 saturated carbocycles. The third-order valence-electron chi connectivity index (χ3n) is 4.17. The van der Waals surface area contributed by atoms with E-state index in [0.717, 1.165) is 7.11 Å². The zero-order valence-corrected chi connectivity index (χ0v) is 10.3. The lowest BCUT2D eigenvalue weighted by molar-refractivity contribution is -0.279. The van der Waals surface area contributed by atoms with Crippen LogP contribution in [-0.4, -0.2) is 13.3 Å². The van der Waals surface area contributed by atoms with E-state index >= 15 is 0 Å². The normalized spacial score (nSPS) is 38.1. The monoisotopic (exact) mass is 229 g/mol. The van der Waals surface area contributed by atoms with E-state index in [4.69, 9.17) is 9.90 Å². The number of rotatable bonds is 0. The number of hydrogen-bond donors (Lipinski definition) is 1. The lowest BCUT2D eigenvalue weighted by Crippen LogP contribution is -2.38. The first kappa shape index (κ1) is 13.3. The predicted molar refractivity (Wildman–Crippen MR) is 60.1 cm³/mol. The molecule has 0 amide bonds. The van der Waals surface area contributed by atoms with Gasteiger partial charge in [-0.25, -0.2) is 0 Å². The maximum atomic E-state index is 9.03. The fourth-order valence-electron chi connectivity index (χ4n) is 3.98. The van der Waals surface area contributed by atoms with Crippen molar-refractivity contribution in [3.63, 3.8) is 0 Å². The van der Waals surface area contributed by atoms with Crippen LogP contribution in [0.1, 0.15) is 38.5 Å². The van der Waals surface area contributed by atoms with Gasteiger partial charge in [-0.15, -0.1) is 0 Å². The number of hydrogen-bond acceptors (Lipinski definition) is 3. The van der Waals surface area contributed by atoms with Crippen LogP contribution in [0.5, 0.6) is 0 Å². The van der Waals surface area contributed by atoms with Gasteiger partial charge in [-0.3, -0.25) is 0 Å². The summed E-state index contributed by atoms with van der Waals surface area (Å²) in [5, 5.41) is 9.03. The third kappa shape index (κ3) is 3.11. The number of methoxy groups -OCH3 is 1. The van der Waals surface area contributed by atoms with Gasteiger partial charge in [0.05, 0.1) is 0 Å². The van der Waals surface area contributed by atoms with Crippen LogP contribution in [0.2, 0.25) is 0 Å². The SMILES string of the molecule is C1C2CC3CC1CC(C2)C3.COC(=O)[O-].[NH4+]. The molecule has 0 radical (unpaired) electrons. The standard InChI is InChI=1S/C10H16.C2H4O3.H3N/c1-7-2-9-4-8(1)5-10(3-7)6-9;1-5-2(3)4;/h7-10H,1-6H2;1H3,(H,3,4);1H3. The Kier molecular flexibility index (Phi) is 4.59. The molecule has 94 valence electrons. The quantitative estimate of drug-likeness (QED) is 0.646. The molecule has 0 heterocycles. The lowest BCUT2D eigenvalue weighted by Gasteiger charge is -2.49. The highest BCUT2D eigenvalue weighted by Gasteiger charge is 2.41.